The number of benzene rings is 8. The van der Waals surface area contributed by atoms with Gasteiger partial charge in [-0.05, 0) is 83.6 Å². The van der Waals surface area contributed by atoms with Crippen LogP contribution in [0.15, 0.2) is 212 Å². The zero-order valence-corrected chi connectivity index (χ0v) is 34.0. The summed E-state index contributed by atoms with van der Waals surface area (Å²) in [7, 11) is 0. The molecule has 62 heavy (non-hydrogen) atoms. The molecular formula is C58H40N4. The van der Waals surface area contributed by atoms with Crippen LogP contribution in [0.4, 0.5) is 0 Å². The molecule has 12 rings (SSSR count). The Bertz CT molecular complexity index is 3410. The maximum atomic E-state index is 5.08. The Kier molecular flexibility index (Phi) is 8.60. The van der Waals surface area contributed by atoms with Crippen molar-refractivity contribution < 1.29 is 0 Å². The summed E-state index contributed by atoms with van der Waals surface area (Å²) in [5.41, 5.74) is 18.4. The van der Waals surface area contributed by atoms with Crippen LogP contribution in [0, 0.1) is 0 Å². The molecule has 0 unspecified atom stereocenters. The molecule has 0 N–H and O–H groups in total. The molecule has 0 saturated carbocycles. The Morgan fingerprint density at radius 1 is 0.387 bits per heavy atom. The Morgan fingerprint density at radius 3 is 1.60 bits per heavy atom. The van der Waals surface area contributed by atoms with Crippen molar-refractivity contribution >= 4 is 38.8 Å². The molecule has 0 saturated heterocycles. The molecule has 0 amide bonds. The molecule has 0 aliphatic heterocycles. The van der Waals surface area contributed by atoms with Crippen LogP contribution in [-0.2, 0) is 6.42 Å². The fourth-order valence-corrected chi connectivity index (χ4v) is 9.60. The highest BCUT2D eigenvalue weighted by Crippen LogP contribution is 2.42. The molecule has 11 aromatic rings. The molecule has 0 spiro atoms. The molecule has 4 heteroatoms. The van der Waals surface area contributed by atoms with Gasteiger partial charge in [0.2, 0.25) is 0 Å². The normalized spacial score (nSPS) is 12.3. The molecule has 0 atom stereocenters. The highest BCUT2D eigenvalue weighted by molar-refractivity contribution is 6.16. The summed E-state index contributed by atoms with van der Waals surface area (Å²) >= 11 is 0. The third kappa shape index (κ3) is 5.99. The average Bonchev–Trinajstić information content (AvgIpc) is 3.88. The Balaban J connectivity index is 0.939. The first kappa shape index (κ1) is 35.8. The van der Waals surface area contributed by atoms with Crippen LogP contribution in [0.25, 0.3) is 106 Å². The van der Waals surface area contributed by atoms with Gasteiger partial charge in [-0.1, -0.05) is 170 Å². The van der Waals surface area contributed by atoms with Crippen LogP contribution in [0.5, 0.6) is 0 Å². The van der Waals surface area contributed by atoms with Gasteiger partial charge < -0.3 is 9.13 Å². The first-order valence-corrected chi connectivity index (χ1v) is 21.4. The Labute approximate surface area is 360 Å². The molecule has 0 radical (unpaired) electrons. The SMILES string of the molecule is C1=Cc2c(n(-c3ccccc3)c3cccc(-c4ccc(-n5c6ccccc6c6c(-c7ccc(-c8cc(-c9ccccc9)nc(-c9ccccc9)n8)cc7)cccc65)cc4)c23)CC1. The van der Waals surface area contributed by atoms with Gasteiger partial charge in [0.05, 0.1) is 27.9 Å². The number of hydrogen-bond donors (Lipinski definition) is 0. The lowest BCUT2D eigenvalue weighted by Crippen LogP contribution is -2.02. The topological polar surface area (TPSA) is 35.6 Å². The Morgan fingerprint density at radius 2 is 0.903 bits per heavy atom. The predicted molar refractivity (Wildman–Crippen MR) is 258 cm³/mol. The second-order valence-corrected chi connectivity index (χ2v) is 16.0. The molecule has 3 heterocycles. The number of nitrogens with zero attached hydrogens (tertiary/aromatic N) is 4. The van der Waals surface area contributed by atoms with E-state index in [-0.39, 0.29) is 0 Å². The minimum Gasteiger partial charge on any atom is -0.313 e. The fraction of sp³-hybridized carbons (Fsp3) is 0.0345. The standard InChI is InChI=1S/C58H40N4/c1-4-16-41(17-5-1)50-38-51(60-58(59-50)43-18-6-2-7-19-43)42-32-30-39(31-33-42)46-24-14-29-55-56(46)49-23-11-13-27-53(49)62(55)45-36-34-40(35-37-45)47-25-15-28-54-57(47)48-22-10-12-26-52(48)61(54)44-20-8-3-9-21-44/h1-11,13-25,27-38H,12,26H2. The smallest absolute Gasteiger partial charge is 0.160 e. The lowest BCUT2D eigenvalue weighted by atomic mass is 9.95. The molecule has 292 valence electrons. The molecule has 0 fully saturated rings. The summed E-state index contributed by atoms with van der Waals surface area (Å²) in [5, 5.41) is 3.79. The third-order valence-corrected chi connectivity index (χ3v) is 12.4. The van der Waals surface area contributed by atoms with Crippen molar-refractivity contribution in [2.45, 2.75) is 12.8 Å². The number of aromatic nitrogens is 4. The Hall–Kier alpha value is -8.08. The van der Waals surface area contributed by atoms with Gasteiger partial charge in [-0.2, -0.15) is 0 Å². The zero-order chi connectivity index (χ0) is 41.0. The van der Waals surface area contributed by atoms with E-state index < -0.39 is 0 Å². The summed E-state index contributed by atoms with van der Waals surface area (Å²) in [6.45, 7) is 0. The molecule has 1 aliphatic rings. The van der Waals surface area contributed by atoms with Gasteiger partial charge in [0, 0.05) is 55.5 Å². The van der Waals surface area contributed by atoms with Crippen molar-refractivity contribution in [2.24, 2.45) is 0 Å². The highest BCUT2D eigenvalue weighted by atomic mass is 15.0. The number of allylic oxidation sites excluding steroid dienone is 1. The van der Waals surface area contributed by atoms with Crippen molar-refractivity contribution in [1.82, 2.24) is 19.1 Å². The quantitative estimate of drug-likeness (QED) is 0.161. The second-order valence-electron chi connectivity index (χ2n) is 16.0. The van der Waals surface area contributed by atoms with Crippen molar-refractivity contribution in [3.8, 4) is 67.5 Å². The number of fused-ring (bicyclic) bond motifs is 6. The van der Waals surface area contributed by atoms with E-state index >= 15 is 0 Å². The molecular weight excluding hydrogens is 753 g/mol. The van der Waals surface area contributed by atoms with Crippen LogP contribution in [-0.4, -0.2) is 19.1 Å². The minimum absolute atomic E-state index is 0.715. The van der Waals surface area contributed by atoms with Gasteiger partial charge in [0.1, 0.15) is 0 Å². The predicted octanol–water partition coefficient (Wildman–Crippen LogP) is 14.8. The van der Waals surface area contributed by atoms with E-state index in [1.807, 2.05) is 24.3 Å². The molecule has 0 bridgehead atoms. The van der Waals surface area contributed by atoms with Crippen LogP contribution >= 0.6 is 0 Å². The van der Waals surface area contributed by atoms with Gasteiger partial charge in [0.25, 0.3) is 0 Å². The summed E-state index contributed by atoms with van der Waals surface area (Å²) in [6.07, 6.45) is 6.74. The first-order valence-electron chi connectivity index (χ1n) is 21.4. The van der Waals surface area contributed by atoms with Gasteiger partial charge in [0.15, 0.2) is 5.82 Å². The van der Waals surface area contributed by atoms with Crippen molar-refractivity contribution in [1.29, 1.82) is 0 Å². The highest BCUT2D eigenvalue weighted by Gasteiger charge is 2.22. The first-order chi connectivity index (χ1) is 30.8. The molecule has 4 nitrogen and oxygen atoms in total. The minimum atomic E-state index is 0.715. The average molecular weight is 793 g/mol. The van der Waals surface area contributed by atoms with E-state index in [9.17, 15) is 0 Å². The van der Waals surface area contributed by atoms with Crippen LogP contribution in [0.3, 0.4) is 0 Å². The van der Waals surface area contributed by atoms with E-state index in [2.05, 4.69) is 203 Å². The van der Waals surface area contributed by atoms with E-state index in [0.29, 0.717) is 5.82 Å². The van der Waals surface area contributed by atoms with Crippen LogP contribution < -0.4 is 0 Å². The number of hydrogen-bond acceptors (Lipinski definition) is 2. The lowest BCUT2D eigenvalue weighted by molar-refractivity contribution is 0.888. The van der Waals surface area contributed by atoms with E-state index in [1.165, 1.54) is 66.3 Å². The maximum Gasteiger partial charge on any atom is 0.160 e. The second kappa shape index (κ2) is 14.9. The zero-order valence-electron chi connectivity index (χ0n) is 34.0. The fourth-order valence-electron chi connectivity index (χ4n) is 9.60. The van der Waals surface area contributed by atoms with E-state index in [4.69, 9.17) is 9.97 Å². The monoisotopic (exact) mass is 792 g/mol. The summed E-state index contributed by atoms with van der Waals surface area (Å²) in [4.78, 5) is 10.1. The molecule has 8 aromatic carbocycles. The van der Waals surface area contributed by atoms with Crippen molar-refractivity contribution in [3.63, 3.8) is 0 Å². The third-order valence-electron chi connectivity index (χ3n) is 12.4. The number of rotatable bonds is 7. The van der Waals surface area contributed by atoms with Crippen LogP contribution in [0.2, 0.25) is 0 Å². The summed E-state index contributed by atoms with van der Waals surface area (Å²) in [5.74, 6) is 0.715. The number of para-hydroxylation sites is 2. The largest absolute Gasteiger partial charge is 0.313 e. The van der Waals surface area contributed by atoms with Gasteiger partial charge in [-0.25, -0.2) is 9.97 Å². The van der Waals surface area contributed by atoms with Gasteiger partial charge in [-0.15, -0.1) is 0 Å². The van der Waals surface area contributed by atoms with E-state index in [0.717, 1.165) is 52.2 Å². The molecule has 1 aliphatic carbocycles. The molecule has 3 aromatic heterocycles. The van der Waals surface area contributed by atoms with E-state index in [1.54, 1.807) is 0 Å². The lowest BCUT2D eigenvalue weighted by Gasteiger charge is -2.13. The summed E-state index contributed by atoms with van der Waals surface area (Å²) in [6, 6.07) is 73.7. The van der Waals surface area contributed by atoms with Crippen LogP contribution in [0.1, 0.15) is 17.7 Å². The summed E-state index contributed by atoms with van der Waals surface area (Å²) < 4.78 is 4.88. The van der Waals surface area contributed by atoms with Crippen molar-refractivity contribution in [3.05, 3.63) is 224 Å². The van der Waals surface area contributed by atoms with Gasteiger partial charge >= 0.3 is 0 Å². The van der Waals surface area contributed by atoms with Crippen molar-refractivity contribution in [2.75, 3.05) is 0 Å². The maximum absolute atomic E-state index is 5.08. The van der Waals surface area contributed by atoms with Gasteiger partial charge in [-0.3, -0.25) is 0 Å².